The van der Waals surface area contributed by atoms with E-state index in [1.165, 1.54) is 22.8 Å². The minimum atomic E-state index is -1.15. The van der Waals surface area contributed by atoms with Crippen molar-refractivity contribution in [3.05, 3.63) is 63.8 Å². The number of aromatic carboxylic acids is 1. The van der Waals surface area contributed by atoms with E-state index in [4.69, 9.17) is 0 Å². The van der Waals surface area contributed by atoms with Gasteiger partial charge in [0.05, 0.1) is 22.3 Å². The van der Waals surface area contributed by atoms with Gasteiger partial charge in [-0.2, -0.15) is 0 Å². The number of halogens is 1. The number of fused-ring (bicyclic) bond motifs is 1. The number of H-pyrrole nitrogens is 1. The van der Waals surface area contributed by atoms with Crippen molar-refractivity contribution in [2.45, 2.75) is 6.92 Å². The van der Waals surface area contributed by atoms with Crippen LogP contribution in [0.1, 0.15) is 15.9 Å². The molecule has 21 heavy (non-hydrogen) atoms. The van der Waals surface area contributed by atoms with Gasteiger partial charge in [0, 0.05) is 0 Å². The van der Waals surface area contributed by atoms with Crippen LogP contribution in [0.25, 0.3) is 16.7 Å². The third-order valence-corrected chi connectivity index (χ3v) is 3.35. The van der Waals surface area contributed by atoms with Crippen molar-refractivity contribution in [2.75, 3.05) is 0 Å². The molecule has 2 aromatic carbocycles. The molecule has 3 rings (SSSR count). The predicted molar refractivity (Wildman–Crippen MR) is 75.6 cm³/mol. The molecule has 0 unspecified atom stereocenters. The first kappa shape index (κ1) is 13.1. The van der Waals surface area contributed by atoms with Gasteiger partial charge in [-0.25, -0.2) is 14.0 Å². The zero-order chi connectivity index (χ0) is 15.1. The monoisotopic (exact) mass is 286 g/mol. The van der Waals surface area contributed by atoms with Gasteiger partial charge in [0.2, 0.25) is 0 Å². The molecule has 3 aromatic rings. The van der Waals surface area contributed by atoms with Gasteiger partial charge in [-0.15, -0.1) is 0 Å². The summed E-state index contributed by atoms with van der Waals surface area (Å²) in [5, 5.41) is 9.28. The Morgan fingerprint density at radius 1 is 1.29 bits per heavy atom. The second-order valence-corrected chi connectivity index (χ2v) is 4.70. The van der Waals surface area contributed by atoms with Gasteiger partial charge >= 0.3 is 11.7 Å². The molecular weight excluding hydrogens is 275 g/mol. The number of hydrogen-bond acceptors (Lipinski definition) is 2. The van der Waals surface area contributed by atoms with E-state index in [-0.39, 0.29) is 11.1 Å². The molecule has 1 aromatic heterocycles. The van der Waals surface area contributed by atoms with Crippen molar-refractivity contribution in [3.8, 4) is 5.69 Å². The highest BCUT2D eigenvalue weighted by Gasteiger charge is 2.17. The van der Waals surface area contributed by atoms with Gasteiger partial charge < -0.3 is 10.1 Å². The smallest absolute Gasteiger partial charge is 0.337 e. The fourth-order valence-electron chi connectivity index (χ4n) is 2.38. The summed E-state index contributed by atoms with van der Waals surface area (Å²) in [5.74, 6) is -1.65. The average molecular weight is 286 g/mol. The predicted octanol–water partition coefficient (Wildman–Crippen LogP) is 2.46. The Morgan fingerprint density at radius 3 is 2.76 bits per heavy atom. The Kier molecular flexibility index (Phi) is 2.86. The topological polar surface area (TPSA) is 75.1 Å². The van der Waals surface area contributed by atoms with Crippen molar-refractivity contribution in [1.29, 1.82) is 0 Å². The number of nitrogens with zero attached hydrogens (tertiary/aromatic N) is 1. The lowest BCUT2D eigenvalue weighted by Gasteiger charge is -2.09. The number of benzene rings is 2. The largest absolute Gasteiger partial charge is 0.478 e. The Bertz CT molecular complexity index is 924. The highest BCUT2D eigenvalue weighted by molar-refractivity contribution is 6.01. The fourth-order valence-corrected chi connectivity index (χ4v) is 2.38. The fraction of sp³-hybridized carbons (Fsp3) is 0.0667. The lowest BCUT2D eigenvalue weighted by molar-refractivity contribution is 0.0698. The second kappa shape index (κ2) is 4.59. The average Bonchev–Trinajstić information content (AvgIpc) is 2.77. The van der Waals surface area contributed by atoms with E-state index < -0.39 is 17.5 Å². The first-order valence-corrected chi connectivity index (χ1v) is 6.22. The number of hydrogen-bond donors (Lipinski definition) is 2. The first-order chi connectivity index (χ1) is 9.99. The van der Waals surface area contributed by atoms with Gasteiger partial charge in [-0.05, 0) is 36.8 Å². The minimum Gasteiger partial charge on any atom is -0.478 e. The van der Waals surface area contributed by atoms with E-state index in [0.717, 1.165) is 0 Å². The maximum absolute atomic E-state index is 13.5. The van der Waals surface area contributed by atoms with Gasteiger partial charge in [0.1, 0.15) is 5.82 Å². The van der Waals surface area contributed by atoms with Crippen molar-refractivity contribution < 1.29 is 14.3 Å². The molecule has 2 N–H and O–H groups in total. The van der Waals surface area contributed by atoms with Crippen LogP contribution >= 0.6 is 0 Å². The van der Waals surface area contributed by atoms with Gasteiger partial charge in [0.25, 0.3) is 0 Å². The number of rotatable bonds is 2. The number of aryl methyl sites for hydroxylation is 1. The van der Waals surface area contributed by atoms with E-state index in [1.54, 1.807) is 25.1 Å². The molecule has 106 valence electrons. The first-order valence-electron chi connectivity index (χ1n) is 6.22. The molecule has 0 aliphatic rings. The summed E-state index contributed by atoms with van der Waals surface area (Å²) in [5.41, 5.74) is 1.08. The Morgan fingerprint density at radius 2 is 2.05 bits per heavy atom. The number of carbonyl (C=O) groups is 1. The van der Waals surface area contributed by atoms with Crippen LogP contribution in [0.15, 0.2) is 41.2 Å². The molecule has 0 saturated carbocycles. The summed E-state index contributed by atoms with van der Waals surface area (Å²) in [6.45, 7) is 1.73. The summed E-state index contributed by atoms with van der Waals surface area (Å²) in [6, 6.07) is 8.60. The highest BCUT2D eigenvalue weighted by Crippen LogP contribution is 2.22. The molecule has 0 spiro atoms. The number of carboxylic acid groups (broad SMARTS) is 1. The number of carboxylic acids is 1. The van der Waals surface area contributed by atoms with Crippen molar-refractivity contribution in [1.82, 2.24) is 9.55 Å². The normalized spacial score (nSPS) is 11.0. The summed E-state index contributed by atoms with van der Waals surface area (Å²) in [4.78, 5) is 26.1. The Labute approximate surface area is 118 Å². The van der Waals surface area contributed by atoms with Crippen LogP contribution in [0.2, 0.25) is 0 Å². The van der Waals surface area contributed by atoms with E-state index >= 15 is 0 Å². The van der Waals surface area contributed by atoms with Crippen LogP contribution in [0.3, 0.4) is 0 Å². The number of imidazole rings is 1. The maximum atomic E-state index is 13.5. The molecule has 0 fully saturated rings. The third kappa shape index (κ3) is 2.01. The summed E-state index contributed by atoms with van der Waals surface area (Å²) < 4.78 is 14.7. The summed E-state index contributed by atoms with van der Waals surface area (Å²) in [6.07, 6.45) is 0. The molecule has 0 bridgehead atoms. The van der Waals surface area contributed by atoms with Gasteiger partial charge in [0.15, 0.2) is 0 Å². The van der Waals surface area contributed by atoms with Crippen molar-refractivity contribution in [2.24, 2.45) is 0 Å². The number of nitrogens with one attached hydrogen (secondary N) is 1. The van der Waals surface area contributed by atoms with Crippen molar-refractivity contribution in [3.63, 3.8) is 0 Å². The van der Waals surface area contributed by atoms with E-state index in [2.05, 4.69) is 4.98 Å². The Hall–Kier alpha value is -2.89. The molecule has 0 radical (unpaired) electrons. The van der Waals surface area contributed by atoms with Crippen LogP contribution in [0, 0.1) is 12.7 Å². The van der Waals surface area contributed by atoms with Crippen LogP contribution in [-0.4, -0.2) is 20.6 Å². The molecule has 1 heterocycles. The quantitative estimate of drug-likeness (QED) is 0.760. The third-order valence-electron chi connectivity index (χ3n) is 3.35. The van der Waals surface area contributed by atoms with Crippen LogP contribution in [0.5, 0.6) is 0 Å². The summed E-state index contributed by atoms with van der Waals surface area (Å²) in [7, 11) is 0. The molecule has 0 aliphatic carbocycles. The zero-order valence-corrected chi connectivity index (χ0v) is 11.1. The molecule has 0 atom stereocenters. The standard InChI is InChI=1S/C15H11FN2O3/c1-8-5-6-9(16)7-12(8)18-13-10(14(19)20)3-2-4-11(13)17-15(18)21/h2-7H,1H3,(H,17,21)(H,19,20). The molecule has 5 nitrogen and oxygen atoms in total. The minimum absolute atomic E-state index is 0.0190. The molecule has 0 aliphatic heterocycles. The van der Waals surface area contributed by atoms with Gasteiger partial charge in [-0.1, -0.05) is 12.1 Å². The molecule has 0 amide bonds. The maximum Gasteiger partial charge on any atom is 0.337 e. The van der Waals surface area contributed by atoms with E-state index in [9.17, 15) is 19.1 Å². The summed E-state index contributed by atoms with van der Waals surface area (Å²) >= 11 is 0. The molecular formula is C15H11FN2O3. The van der Waals surface area contributed by atoms with E-state index in [1.807, 2.05) is 0 Å². The van der Waals surface area contributed by atoms with E-state index in [0.29, 0.717) is 16.8 Å². The van der Waals surface area contributed by atoms with Crippen LogP contribution in [0.4, 0.5) is 4.39 Å². The van der Waals surface area contributed by atoms with Gasteiger partial charge in [-0.3, -0.25) is 4.57 Å². The van der Waals surface area contributed by atoms with Crippen LogP contribution < -0.4 is 5.69 Å². The lowest BCUT2D eigenvalue weighted by Crippen LogP contribution is -2.17. The highest BCUT2D eigenvalue weighted by atomic mass is 19.1. The number of aromatic amines is 1. The Balaban J connectivity index is 2.48. The zero-order valence-electron chi connectivity index (χ0n) is 11.1. The number of para-hydroxylation sites is 1. The molecule has 0 saturated heterocycles. The number of aromatic nitrogens is 2. The SMILES string of the molecule is Cc1ccc(F)cc1-n1c(=O)[nH]c2cccc(C(=O)O)c21. The second-order valence-electron chi connectivity index (χ2n) is 4.70. The lowest BCUT2D eigenvalue weighted by atomic mass is 10.1. The molecule has 6 heteroatoms. The van der Waals surface area contributed by atoms with Crippen LogP contribution in [-0.2, 0) is 0 Å². The van der Waals surface area contributed by atoms with Crippen molar-refractivity contribution >= 4 is 17.0 Å².